The second-order valence-corrected chi connectivity index (χ2v) is 6.80. The maximum atomic E-state index is 10.4. The van der Waals surface area contributed by atoms with Gasteiger partial charge in [0.2, 0.25) is 0 Å². The van der Waals surface area contributed by atoms with Crippen molar-refractivity contribution in [1.82, 2.24) is 4.90 Å². The fraction of sp³-hybridized carbons (Fsp3) is 0.684. The van der Waals surface area contributed by atoms with Gasteiger partial charge in [-0.3, -0.25) is 4.90 Å². The predicted octanol–water partition coefficient (Wildman–Crippen LogP) is 2.06. The molecule has 25 heavy (non-hydrogen) atoms. The average molecular weight is 353 g/mol. The molecule has 0 saturated carbocycles. The normalized spacial score (nSPS) is 24.2. The summed E-state index contributed by atoms with van der Waals surface area (Å²) in [5.74, 6) is 2.04. The summed E-state index contributed by atoms with van der Waals surface area (Å²) in [6.07, 6.45) is 1.95. The van der Waals surface area contributed by atoms with Crippen molar-refractivity contribution in [2.24, 2.45) is 5.41 Å². The Morgan fingerprint density at radius 3 is 2.32 bits per heavy atom. The van der Waals surface area contributed by atoms with Crippen LogP contribution in [-0.4, -0.2) is 62.2 Å². The topological polar surface area (TPSA) is 71.4 Å². The molecule has 1 aliphatic heterocycles. The number of aliphatic hydroxyl groups is 2. The van der Waals surface area contributed by atoms with E-state index in [9.17, 15) is 10.2 Å². The third-order valence-corrected chi connectivity index (χ3v) is 5.21. The Hall–Kier alpha value is -1.50. The Bertz CT molecular complexity index is 565. The molecule has 1 aromatic rings. The molecule has 0 radical (unpaired) electrons. The zero-order chi connectivity index (χ0) is 18.4. The lowest BCUT2D eigenvalue weighted by molar-refractivity contribution is -0.0820. The van der Waals surface area contributed by atoms with E-state index in [0.29, 0.717) is 31.0 Å². The first-order valence-electron chi connectivity index (χ1n) is 8.83. The standard InChI is InChI=1S/C19H31NO5/c1-5-7-19(13-21)12-20(8-6-18(19)22)11-14-9-16(24-3)17(25-4)10-15(14)23-2/h9-10,18,21-22H,5-8,11-13H2,1-4H3/t18-,19+/m1/s1. The van der Waals surface area contributed by atoms with Crippen molar-refractivity contribution < 1.29 is 24.4 Å². The fourth-order valence-electron chi connectivity index (χ4n) is 3.81. The van der Waals surface area contributed by atoms with Crippen LogP contribution in [-0.2, 0) is 6.54 Å². The van der Waals surface area contributed by atoms with Crippen molar-refractivity contribution >= 4 is 0 Å². The average Bonchev–Trinajstić information content (AvgIpc) is 2.64. The number of rotatable bonds is 8. The molecule has 1 saturated heterocycles. The highest BCUT2D eigenvalue weighted by molar-refractivity contribution is 5.50. The van der Waals surface area contributed by atoms with Crippen LogP contribution in [0.25, 0.3) is 0 Å². The summed E-state index contributed by atoms with van der Waals surface area (Å²) < 4.78 is 16.3. The molecule has 1 fully saturated rings. The molecule has 6 nitrogen and oxygen atoms in total. The molecule has 0 spiro atoms. The Morgan fingerprint density at radius 1 is 1.12 bits per heavy atom. The van der Waals surface area contributed by atoms with E-state index in [1.54, 1.807) is 21.3 Å². The van der Waals surface area contributed by atoms with E-state index in [1.807, 2.05) is 12.1 Å². The first kappa shape index (κ1) is 19.8. The van der Waals surface area contributed by atoms with Gasteiger partial charge in [0, 0.05) is 36.7 Å². The molecular weight excluding hydrogens is 322 g/mol. The number of hydrogen-bond acceptors (Lipinski definition) is 6. The van der Waals surface area contributed by atoms with Crippen LogP contribution in [0.3, 0.4) is 0 Å². The van der Waals surface area contributed by atoms with Crippen molar-refractivity contribution in [2.75, 3.05) is 41.0 Å². The predicted molar refractivity (Wildman–Crippen MR) is 96.4 cm³/mol. The molecule has 2 N–H and O–H groups in total. The molecule has 0 aromatic heterocycles. The molecule has 6 heteroatoms. The fourth-order valence-corrected chi connectivity index (χ4v) is 3.81. The first-order chi connectivity index (χ1) is 12.0. The summed E-state index contributed by atoms with van der Waals surface area (Å²) in [7, 11) is 4.85. The van der Waals surface area contributed by atoms with Crippen LogP contribution < -0.4 is 14.2 Å². The van der Waals surface area contributed by atoms with Crippen LogP contribution in [0.5, 0.6) is 17.2 Å². The van der Waals surface area contributed by atoms with Gasteiger partial charge in [0.25, 0.3) is 0 Å². The van der Waals surface area contributed by atoms with Crippen molar-refractivity contribution in [2.45, 2.75) is 38.8 Å². The van der Waals surface area contributed by atoms with E-state index >= 15 is 0 Å². The summed E-state index contributed by atoms with van der Waals surface area (Å²) in [5.41, 5.74) is 0.552. The van der Waals surface area contributed by atoms with Crippen molar-refractivity contribution in [1.29, 1.82) is 0 Å². The number of methoxy groups -OCH3 is 3. The minimum absolute atomic E-state index is 0.00156. The summed E-state index contributed by atoms with van der Waals surface area (Å²) >= 11 is 0. The Labute approximate surface area is 150 Å². The van der Waals surface area contributed by atoms with E-state index in [-0.39, 0.29) is 6.61 Å². The molecule has 142 valence electrons. The zero-order valence-electron chi connectivity index (χ0n) is 15.7. The third-order valence-electron chi connectivity index (χ3n) is 5.21. The quantitative estimate of drug-likeness (QED) is 0.745. The minimum Gasteiger partial charge on any atom is -0.496 e. The Balaban J connectivity index is 2.23. The second-order valence-electron chi connectivity index (χ2n) is 6.80. The number of ether oxygens (including phenoxy) is 3. The maximum Gasteiger partial charge on any atom is 0.164 e. The monoisotopic (exact) mass is 353 g/mol. The number of hydrogen-bond donors (Lipinski definition) is 2. The maximum absolute atomic E-state index is 10.4. The molecule has 0 aliphatic carbocycles. The summed E-state index contributed by atoms with van der Waals surface area (Å²) in [6, 6.07) is 3.77. The van der Waals surface area contributed by atoms with E-state index in [1.165, 1.54) is 0 Å². The van der Waals surface area contributed by atoms with E-state index in [2.05, 4.69) is 11.8 Å². The first-order valence-corrected chi connectivity index (χ1v) is 8.83. The number of nitrogens with zero attached hydrogens (tertiary/aromatic N) is 1. The van der Waals surface area contributed by atoms with Gasteiger partial charge in [-0.1, -0.05) is 13.3 Å². The highest BCUT2D eigenvalue weighted by Crippen LogP contribution is 2.38. The number of piperidine rings is 1. The van der Waals surface area contributed by atoms with Gasteiger partial charge >= 0.3 is 0 Å². The van der Waals surface area contributed by atoms with Crippen molar-refractivity contribution in [3.8, 4) is 17.2 Å². The Morgan fingerprint density at radius 2 is 1.76 bits per heavy atom. The largest absolute Gasteiger partial charge is 0.496 e. The molecule has 1 aromatic carbocycles. The van der Waals surface area contributed by atoms with Crippen molar-refractivity contribution in [3.05, 3.63) is 17.7 Å². The van der Waals surface area contributed by atoms with Gasteiger partial charge in [-0.25, -0.2) is 0 Å². The molecule has 1 heterocycles. The number of likely N-dealkylation sites (tertiary alicyclic amines) is 1. The van der Waals surface area contributed by atoms with Crippen LogP contribution in [0.15, 0.2) is 12.1 Å². The van der Waals surface area contributed by atoms with E-state index in [0.717, 1.165) is 30.7 Å². The molecule has 0 unspecified atom stereocenters. The summed E-state index contributed by atoms with van der Waals surface area (Å²) in [4.78, 5) is 2.27. The minimum atomic E-state index is -0.457. The van der Waals surface area contributed by atoms with Crippen LogP contribution in [0.4, 0.5) is 0 Å². The molecule has 2 atom stereocenters. The lowest BCUT2D eigenvalue weighted by Crippen LogP contribution is -2.53. The summed E-state index contributed by atoms with van der Waals surface area (Å²) in [6.45, 7) is 4.20. The molecular formula is C19H31NO5. The zero-order valence-corrected chi connectivity index (χ0v) is 15.7. The Kier molecular flexibility index (Phi) is 6.93. The van der Waals surface area contributed by atoms with Crippen LogP contribution in [0.1, 0.15) is 31.7 Å². The SMILES string of the molecule is CCC[C@@]1(CO)CN(Cc2cc(OC)c(OC)cc2OC)CC[C@H]1O. The van der Waals surface area contributed by atoms with E-state index in [4.69, 9.17) is 14.2 Å². The number of benzene rings is 1. The lowest BCUT2D eigenvalue weighted by Gasteiger charge is -2.45. The summed E-state index contributed by atoms with van der Waals surface area (Å²) in [5, 5.41) is 20.4. The molecule has 1 aliphatic rings. The van der Waals surface area contributed by atoms with Gasteiger partial charge in [-0.15, -0.1) is 0 Å². The van der Waals surface area contributed by atoms with Gasteiger partial charge in [0.1, 0.15) is 5.75 Å². The van der Waals surface area contributed by atoms with Crippen LogP contribution in [0, 0.1) is 5.41 Å². The van der Waals surface area contributed by atoms with Crippen molar-refractivity contribution in [3.63, 3.8) is 0 Å². The smallest absolute Gasteiger partial charge is 0.164 e. The lowest BCUT2D eigenvalue weighted by atomic mass is 9.74. The van der Waals surface area contributed by atoms with Gasteiger partial charge in [0.05, 0.1) is 34.0 Å². The van der Waals surface area contributed by atoms with Crippen LogP contribution >= 0.6 is 0 Å². The van der Waals surface area contributed by atoms with Gasteiger partial charge in [-0.05, 0) is 18.9 Å². The van der Waals surface area contributed by atoms with E-state index < -0.39 is 11.5 Å². The van der Waals surface area contributed by atoms with Gasteiger partial charge in [0.15, 0.2) is 11.5 Å². The number of aliphatic hydroxyl groups excluding tert-OH is 2. The highest BCUT2D eigenvalue weighted by atomic mass is 16.5. The van der Waals surface area contributed by atoms with Gasteiger partial charge < -0.3 is 24.4 Å². The highest BCUT2D eigenvalue weighted by Gasteiger charge is 2.41. The van der Waals surface area contributed by atoms with Gasteiger partial charge in [-0.2, -0.15) is 0 Å². The second kappa shape index (κ2) is 8.74. The molecule has 0 amide bonds. The molecule has 0 bridgehead atoms. The molecule has 2 rings (SSSR count). The van der Waals surface area contributed by atoms with Crippen LogP contribution in [0.2, 0.25) is 0 Å². The third kappa shape index (κ3) is 4.19.